The van der Waals surface area contributed by atoms with E-state index in [2.05, 4.69) is 15.9 Å². The minimum Gasteiger partial charge on any atom is -0.497 e. The second kappa shape index (κ2) is 7.10. The molecule has 0 saturated heterocycles. The van der Waals surface area contributed by atoms with Gasteiger partial charge in [-0.3, -0.25) is 10.1 Å². The van der Waals surface area contributed by atoms with Crippen molar-refractivity contribution in [2.75, 3.05) is 7.11 Å². The number of sulfone groups is 1. The van der Waals surface area contributed by atoms with E-state index in [1.54, 1.807) is 30.3 Å². The molecule has 0 N–H and O–H groups in total. The maximum absolute atomic E-state index is 12.9. The zero-order valence-corrected chi connectivity index (χ0v) is 14.5. The quantitative estimate of drug-likeness (QED) is 0.322. The fraction of sp³-hybridized carbons (Fsp3) is 0.200. The van der Waals surface area contributed by atoms with Crippen LogP contribution < -0.4 is 4.74 Å². The van der Waals surface area contributed by atoms with Crippen LogP contribution in [0.2, 0.25) is 0 Å². The minimum absolute atomic E-state index is 0.0344. The molecule has 0 radical (unpaired) electrons. The Morgan fingerprint density at radius 2 is 1.65 bits per heavy atom. The van der Waals surface area contributed by atoms with Crippen molar-refractivity contribution >= 4 is 25.8 Å². The highest BCUT2D eigenvalue weighted by Crippen LogP contribution is 2.36. The highest BCUT2D eigenvalue weighted by atomic mass is 79.9. The summed E-state index contributed by atoms with van der Waals surface area (Å²) < 4.78 is 30.8. The lowest BCUT2D eigenvalue weighted by molar-refractivity contribution is -0.493. The van der Waals surface area contributed by atoms with E-state index in [9.17, 15) is 18.5 Å². The SMILES string of the molecule is COc1ccc(C(C(Br)[N+](=O)[O-])S(=O)(=O)c2ccccc2)cc1. The van der Waals surface area contributed by atoms with Gasteiger partial charge in [0, 0.05) is 4.92 Å². The Balaban J connectivity index is 2.56. The Hall–Kier alpha value is -1.93. The van der Waals surface area contributed by atoms with E-state index < -0.39 is 25.0 Å². The maximum Gasteiger partial charge on any atom is 0.286 e. The van der Waals surface area contributed by atoms with Crippen molar-refractivity contribution in [3.8, 4) is 5.75 Å². The van der Waals surface area contributed by atoms with Crippen LogP contribution >= 0.6 is 15.9 Å². The molecule has 0 aromatic heterocycles. The van der Waals surface area contributed by atoms with Gasteiger partial charge in [-0.15, -0.1) is 0 Å². The molecule has 0 bridgehead atoms. The van der Waals surface area contributed by atoms with Crippen LogP contribution in [-0.2, 0) is 9.84 Å². The van der Waals surface area contributed by atoms with E-state index in [0.29, 0.717) is 11.3 Å². The molecule has 2 atom stereocenters. The van der Waals surface area contributed by atoms with Gasteiger partial charge in [0.15, 0.2) is 15.1 Å². The van der Waals surface area contributed by atoms with Gasteiger partial charge in [0.05, 0.1) is 12.0 Å². The van der Waals surface area contributed by atoms with Crippen LogP contribution in [0.15, 0.2) is 59.5 Å². The Morgan fingerprint density at radius 1 is 1.09 bits per heavy atom. The third kappa shape index (κ3) is 3.70. The molecule has 2 aromatic rings. The number of alkyl halides is 1. The van der Waals surface area contributed by atoms with Gasteiger partial charge in [0.2, 0.25) is 0 Å². The molecule has 2 aromatic carbocycles. The Labute approximate surface area is 142 Å². The van der Waals surface area contributed by atoms with Gasteiger partial charge in [0.1, 0.15) is 5.75 Å². The minimum atomic E-state index is -3.95. The van der Waals surface area contributed by atoms with Crippen LogP contribution in [0, 0.1) is 10.1 Å². The zero-order valence-electron chi connectivity index (χ0n) is 12.1. The van der Waals surface area contributed by atoms with Crippen LogP contribution in [0.5, 0.6) is 5.75 Å². The monoisotopic (exact) mass is 399 g/mol. The largest absolute Gasteiger partial charge is 0.497 e. The first-order chi connectivity index (χ1) is 10.9. The highest BCUT2D eigenvalue weighted by Gasteiger charge is 2.41. The van der Waals surface area contributed by atoms with Crippen LogP contribution in [0.25, 0.3) is 0 Å². The summed E-state index contributed by atoms with van der Waals surface area (Å²) in [5.74, 6) is 0.539. The molecule has 0 fully saturated rings. The fourth-order valence-electron chi connectivity index (χ4n) is 2.15. The Bertz CT molecular complexity index is 777. The molecule has 0 heterocycles. The molecule has 0 aliphatic heterocycles. The molecular weight excluding hydrogens is 386 g/mol. The highest BCUT2D eigenvalue weighted by molar-refractivity contribution is 9.09. The molecule has 122 valence electrons. The Kier molecular flexibility index (Phi) is 5.38. The normalized spacial score (nSPS) is 14.0. The van der Waals surface area contributed by atoms with Crippen LogP contribution in [-0.4, -0.2) is 25.4 Å². The smallest absolute Gasteiger partial charge is 0.286 e. The number of hydrogen-bond acceptors (Lipinski definition) is 5. The molecule has 2 unspecified atom stereocenters. The van der Waals surface area contributed by atoms with Crippen molar-refractivity contribution in [1.29, 1.82) is 0 Å². The molecule has 0 aliphatic carbocycles. The van der Waals surface area contributed by atoms with E-state index in [-0.39, 0.29) is 4.90 Å². The number of hydrogen-bond donors (Lipinski definition) is 0. The van der Waals surface area contributed by atoms with E-state index in [1.807, 2.05) is 0 Å². The van der Waals surface area contributed by atoms with Crippen molar-refractivity contribution in [2.24, 2.45) is 0 Å². The third-order valence-electron chi connectivity index (χ3n) is 3.30. The zero-order chi connectivity index (χ0) is 17.0. The molecule has 6 nitrogen and oxygen atoms in total. The van der Waals surface area contributed by atoms with Crippen LogP contribution in [0.3, 0.4) is 0 Å². The lowest BCUT2D eigenvalue weighted by Gasteiger charge is -2.18. The third-order valence-corrected chi connectivity index (χ3v) is 6.64. The number of nitrogens with zero attached hydrogens (tertiary/aromatic N) is 1. The maximum atomic E-state index is 12.9. The predicted octanol–water partition coefficient (Wildman–Crippen LogP) is 3.21. The summed E-state index contributed by atoms with van der Waals surface area (Å²) in [6.45, 7) is 0. The topological polar surface area (TPSA) is 86.5 Å². The molecule has 0 aliphatic rings. The molecule has 0 saturated carbocycles. The lowest BCUT2D eigenvalue weighted by Crippen LogP contribution is -2.28. The first-order valence-electron chi connectivity index (χ1n) is 6.58. The predicted molar refractivity (Wildman–Crippen MR) is 89.1 cm³/mol. The van der Waals surface area contributed by atoms with Gasteiger partial charge < -0.3 is 4.74 Å². The fourth-order valence-corrected chi connectivity index (χ4v) is 5.04. The summed E-state index contributed by atoms with van der Waals surface area (Å²) in [6, 6.07) is 13.9. The van der Waals surface area contributed by atoms with Gasteiger partial charge in [-0.2, -0.15) is 0 Å². The van der Waals surface area contributed by atoms with E-state index in [1.165, 1.54) is 31.4 Å². The van der Waals surface area contributed by atoms with Crippen molar-refractivity contribution in [1.82, 2.24) is 0 Å². The van der Waals surface area contributed by atoms with Gasteiger partial charge in [0.25, 0.3) is 4.95 Å². The van der Waals surface area contributed by atoms with Crippen LogP contribution in [0.4, 0.5) is 0 Å². The number of benzene rings is 2. The number of nitro groups is 1. The molecule has 23 heavy (non-hydrogen) atoms. The molecule has 8 heteroatoms. The number of halogens is 1. The first-order valence-corrected chi connectivity index (χ1v) is 9.04. The summed E-state index contributed by atoms with van der Waals surface area (Å²) in [4.78, 5) is 9.09. The second-order valence-electron chi connectivity index (χ2n) is 4.71. The van der Waals surface area contributed by atoms with Gasteiger partial charge >= 0.3 is 0 Å². The number of methoxy groups -OCH3 is 1. The van der Waals surface area contributed by atoms with E-state index >= 15 is 0 Å². The average Bonchev–Trinajstić information content (AvgIpc) is 2.56. The van der Waals surface area contributed by atoms with Gasteiger partial charge in [-0.25, -0.2) is 8.42 Å². The summed E-state index contributed by atoms with van der Waals surface area (Å²) >= 11 is 2.90. The standard InChI is InChI=1S/C15H14BrNO5S/c1-22-12-9-7-11(8-10-12)14(15(16)17(18)19)23(20,21)13-5-3-2-4-6-13/h2-10,14-15H,1H3. The van der Waals surface area contributed by atoms with Crippen molar-refractivity contribution < 1.29 is 18.1 Å². The second-order valence-corrected chi connectivity index (χ2v) is 7.72. The molecular formula is C15H14BrNO5S. The molecule has 0 spiro atoms. The van der Waals surface area contributed by atoms with Gasteiger partial charge in [-0.1, -0.05) is 30.3 Å². The van der Waals surface area contributed by atoms with Crippen molar-refractivity contribution in [3.05, 3.63) is 70.3 Å². The van der Waals surface area contributed by atoms with Crippen LogP contribution in [0.1, 0.15) is 10.8 Å². The lowest BCUT2D eigenvalue weighted by atomic mass is 10.1. The number of rotatable bonds is 6. The van der Waals surface area contributed by atoms with E-state index in [0.717, 1.165) is 0 Å². The summed E-state index contributed by atoms with van der Waals surface area (Å²) in [5.41, 5.74) is 0.313. The summed E-state index contributed by atoms with van der Waals surface area (Å²) in [7, 11) is -2.46. The Morgan fingerprint density at radius 3 is 2.13 bits per heavy atom. The summed E-state index contributed by atoms with van der Waals surface area (Å²) in [5, 5.41) is 9.83. The van der Waals surface area contributed by atoms with Crippen molar-refractivity contribution in [3.63, 3.8) is 0 Å². The molecule has 2 rings (SSSR count). The van der Waals surface area contributed by atoms with E-state index in [4.69, 9.17) is 4.74 Å². The van der Waals surface area contributed by atoms with Crippen molar-refractivity contribution in [2.45, 2.75) is 15.1 Å². The summed E-state index contributed by atoms with van der Waals surface area (Å²) in [6.07, 6.45) is 0. The van der Waals surface area contributed by atoms with Gasteiger partial charge in [-0.05, 0) is 45.8 Å². The molecule has 0 amide bonds. The first kappa shape index (κ1) is 17.4. The number of ether oxygens (including phenoxy) is 1. The average molecular weight is 400 g/mol.